The Morgan fingerprint density at radius 2 is 1.87 bits per heavy atom. The van der Waals surface area contributed by atoms with Crippen molar-refractivity contribution in [3.8, 4) is 5.75 Å². The van der Waals surface area contributed by atoms with E-state index in [2.05, 4.69) is 42.6 Å². The minimum atomic E-state index is -0.592. The molecule has 4 rings (SSSR count). The molecule has 1 heterocycles. The van der Waals surface area contributed by atoms with Crippen LogP contribution < -0.4 is 10.1 Å². The summed E-state index contributed by atoms with van der Waals surface area (Å²) in [4.78, 5) is 27.5. The van der Waals surface area contributed by atoms with E-state index in [9.17, 15) is 9.59 Å². The number of aryl methyl sites for hydroxylation is 1. The van der Waals surface area contributed by atoms with Crippen molar-refractivity contribution in [2.75, 3.05) is 6.54 Å². The molecule has 1 aliphatic carbocycles. The second-order valence-electron chi connectivity index (χ2n) is 9.16. The molecule has 5 nitrogen and oxygen atoms in total. The third-order valence-electron chi connectivity index (χ3n) is 6.03. The Kier molecular flexibility index (Phi) is 6.03. The summed E-state index contributed by atoms with van der Waals surface area (Å²) in [5, 5.41) is 2.89. The first-order chi connectivity index (χ1) is 14.8. The van der Waals surface area contributed by atoms with Crippen molar-refractivity contribution in [1.29, 1.82) is 0 Å². The predicted octanol–water partition coefficient (Wildman–Crippen LogP) is 4.17. The van der Waals surface area contributed by atoms with Crippen LogP contribution in [0.4, 0.5) is 0 Å². The standard InChI is InChI=1S/C26H32N2O3/c1-16(2)27-25(29)18(4)31-22-11-10-19-12-13-28(26(30)20-8-9-20)24(23(19)15-22)21-7-5-6-17(3)14-21/h5-7,10-11,14-16,18,20,24H,8-9,12-13H2,1-4H3,(H,27,29)/t18-,24-/m0/s1. The molecule has 0 aromatic heterocycles. The first kappa shape index (κ1) is 21.4. The van der Waals surface area contributed by atoms with Crippen LogP contribution in [0.3, 0.4) is 0 Å². The lowest BCUT2D eigenvalue weighted by molar-refractivity contribution is -0.134. The number of fused-ring (bicyclic) bond motifs is 1. The summed E-state index contributed by atoms with van der Waals surface area (Å²) in [6.45, 7) is 8.43. The molecule has 1 aliphatic heterocycles. The van der Waals surface area contributed by atoms with Gasteiger partial charge in [-0.1, -0.05) is 35.9 Å². The summed E-state index contributed by atoms with van der Waals surface area (Å²) in [7, 11) is 0. The minimum absolute atomic E-state index is 0.0646. The lowest BCUT2D eigenvalue weighted by atomic mass is 9.87. The van der Waals surface area contributed by atoms with Gasteiger partial charge in [0.25, 0.3) is 5.91 Å². The number of carbonyl (C=O) groups excluding carboxylic acids is 2. The molecule has 2 aromatic carbocycles. The van der Waals surface area contributed by atoms with Gasteiger partial charge >= 0.3 is 0 Å². The van der Waals surface area contributed by atoms with Gasteiger partial charge in [-0.15, -0.1) is 0 Å². The van der Waals surface area contributed by atoms with Crippen molar-refractivity contribution in [2.45, 2.75) is 65.1 Å². The van der Waals surface area contributed by atoms with Crippen molar-refractivity contribution in [3.63, 3.8) is 0 Å². The zero-order valence-corrected chi connectivity index (χ0v) is 18.9. The van der Waals surface area contributed by atoms with Crippen molar-refractivity contribution in [2.24, 2.45) is 5.92 Å². The van der Waals surface area contributed by atoms with E-state index in [1.807, 2.05) is 30.9 Å². The summed E-state index contributed by atoms with van der Waals surface area (Å²) in [5.41, 5.74) is 4.63. The van der Waals surface area contributed by atoms with Crippen molar-refractivity contribution < 1.29 is 14.3 Å². The summed E-state index contributed by atoms with van der Waals surface area (Å²) in [5.74, 6) is 0.957. The first-order valence-corrected chi connectivity index (χ1v) is 11.3. The Labute approximate surface area is 184 Å². The fraction of sp³-hybridized carbons (Fsp3) is 0.462. The third kappa shape index (κ3) is 4.76. The van der Waals surface area contributed by atoms with Crippen LogP contribution in [0.2, 0.25) is 0 Å². The van der Waals surface area contributed by atoms with Gasteiger partial charge in [-0.25, -0.2) is 0 Å². The highest BCUT2D eigenvalue weighted by Gasteiger charge is 2.39. The van der Waals surface area contributed by atoms with Crippen LogP contribution in [-0.4, -0.2) is 35.4 Å². The molecule has 2 amide bonds. The van der Waals surface area contributed by atoms with Crippen LogP contribution >= 0.6 is 0 Å². The van der Waals surface area contributed by atoms with Crippen molar-refractivity contribution >= 4 is 11.8 Å². The Morgan fingerprint density at radius 1 is 1.10 bits per heavy atom. The van der Waals surface area contributed by atoms with Crippen LogP contribution in [0.5, 0.6) is 5.75 Å². The van der Waals surface area contributed by atoms with Gasteiger partial charge < -0.3 is 15.0 Å². The van der Waals surface area contributed by atoms with E-state index in [0.29, 0.717) is 5.75 Å². The summed E-state index contributed by atoms with van der Waals surface area (Å²) < 4.78 is 5.99. The summed E-state index contributed by atoms with van der Waals surface area (Å²) >= 11 is 0. The molecule has 2 aliphatic rings. The fourth-order valence-corrected chi connectivity index (χ4v) is 4.33. The van der Waals surface area contributed by atoms with Gasteiger partial charge in [0.1, 0.15) is 5.75 Å². The van der Waals surface area contributed by atoms with E-state index in [1.165, 1.54) is 11.1 Å². The lowest BCUT2D eigenvalue weighted by Gasteiger charge is -2.38. The maximum atomic E-state index is 13.1. The number of hydrogen-bond donors (Lipinski definition) is 1. The molecule has 0 saturated heterocycles. The van der Waals surface area contributed by atoms with Gasteiger partial charge in [0.15, 0.2) is 6.10 Å². The van der Waals surface area contributed by atoms with Crippen molar-refractivity contribution in [3.05, 3.63) is 64.7 Å². The third-order valence-corrected chi connectivity index (χ3v) is 6.03. The topological polar surface area (TPSA) is 58.6 Å². The van der Waals surface area contributed by atoms with Gasteiger partial charge in [-0.05, 0) is 75.8 Å². The fourth-order valence-electron chi connectivity index (χ4n) is 4.33. The number of ether oxygens (including phenoxy) is 1. The average molecular weight is 421 g/mol. The predicted molar refractivity (Wildman–Crippen MR) is 121 cm³/mol. The lowest BCUT2D eigenvalue weighted by Crippen LogP contribution is -2.41. The highest BCUT2D eigenvalue weighted by molar-refractivity contribution is 5.82. The van der Waals surface area contributed by atoms with Gasteiger partial charge in [-0.2, -0.15) is 0 Å². The number of nitrogens with zero attached hydrogens (tertiary/aromatic N) is 1. The van der Waals surface area contributed by atoms with E-state index >= 15 is 0 Å². The molecular formula is C26H32N2O3. The number of hydrogen-bond acceptors (Lipinski definition) is 3. The Hall–Kier alpha value is -2.82. The van der Waals surface area contributed by atoms with Gasteiger partial charge in [0, 0.05) is 18.5 Å². The molecule has 0 unspecified atom stereocenters. The van der Waals surface area contributed by atoms with Crippen LogP contribution in [0, 0.1) is 12.8 Å². The van der Waals surface area contributed by atoms with E-state index < -0.39 is 6.10 Å². The number of carbonyl (C=O) groups is 2. The van der Waals surface area contributed by atoms with Crippen LogP contribution in [0.1, 0.15) is 61.9 Å². The molecule has 5 heteroatoms. The quantitative estimate of drug-likeness (QED) is 0.763. The highest BCUT2D eigenvalue weighted by Crippen LogP contribution is 2.41. The van der Waals surface area contributed by atoms with E-state index in [4.69, 9.17) is 4.74 Å². The molecule has 1 fully saturated rings. The molecule has 2 aromatic rings. The molecule has 0 spiro atoms. The Balaban J connectivity index is 1.67. The molecule has 1 N–H and O–H groups in total. The molecule has 2 atom stereocenters. The maximum absolute atomic E-state index is 13.1. The smallest absolute Gasteiger partial charge is 0.260 e. The highest BCUT2D eigenvalue weighted by atomic mass is 16.5. The van der Waals surface area contributed by atoms with E-state index in [-0.39, 0.29) is 29.8 Å². The maximum Gasteiger partial charge on any atom is 0.260 e. The Bertz CT molecular complexity index is 980. The second kappa shape index (κ2) is 8.74. The number of rotatable bonds is 6. The molecule has 0 radical (unpaired) electrons. The Morgan fingerprint density at radius 3 is 2.55 bits per heavy atom. The van der Waals surface area contributed by atoms with Gasteiger partial charge in [0.2, 0.25) is 5.91 Å². The van der Waals surface area contributed by atoms with E-state index in [1.54, 1.807) is 6.92 Å². The molecule has 0 bridgehead atoms. The van der Waals surface area contributed by atoms with Crippen LogP contribution in [-0.2, 0) is 16.0 Å². The summed E-state index contributed by atoms with van der Waals surface area (Å²) in [6.07, 6.45) is 2.23. The SMILES string of the molecule is Cc1cccc([C@H]2c3cc(O[C@@H](C)C(=O)NC(C)C)ccc3CCN2C(=O)C2CC2)c1. The van der Waals surface area contributed by atoms with E-state index in [0.717, 1.165) is 36.9 Å². The zero-order valence-electron chi connectivity index (χ0n) is 18.9. The normalized spacial score (nSPS) is 19.0. The van der Waals surface area contributed by atoms with Crippen LogP contribution in [0.15, 0.2) is 42.5 Å². The van der Waals surface area contributed by atoms with Crippen molar-refractivity contribution in [1.82, 2.24) is 10.2 Å². The zero-order chi connectivity index (χ0) is 22.1. The van der Waals surface area contributed by atoms with Gasteiger partial charge in [-0.3, -0.25) is 9.59 Å². The number of benzene rings is 2. The largest absolute Gasteiger partial charge is 0.481 e. The minimum Gasteiger partial charge on any atom is -0.481 e. The molecular weight excluding hydrogens is 388 g/mol. The monoisotopic (exact) mass is 420 g/mol. The summed E-state index contributed by atoms with van der Waals surface area (Å²) in [6, 6.07) is 14.4. The number of nitrogens with one attached hydrogen (secondary N) is 1. The average Bonchev–Trinajstić information content (AvgIpc) is 3.57. The molecule has 164 valence electrons. The van der Waals surface area contributed by atoms with Gasteiger partial charge in [0.05, 0.1) is 6.04 Å². The molecule has 1 saturated carbocycles. The van der Waals surface area contributed by atoms with Crippen LogP contribution in [0.25, 0.3) is 0 Å². The first-order valence-electron chi connectivity index (χ1n) is 11.3. The molecule has 31 heavy (non-hydrogen) atoms. The number of amides is 2. The second-order valence-corrected chi connectivity index (χ2v) is 9.16.